The van der Waals surface area contributed by atoms with Gasteiger partial charge in [0.2, 0.25) is 5.91 Å². The largest absolute Gasteiger partial charge is 0.377 e. The summed E-state index contributed by atoms with van der Waals surface area (Å²) in [5, 5.41) is 7.39. The van der Waals surface area contributed by atoms with Gasteiger partial charge in [0.15, 0.2) is 5.96 Å². The lowest BCUT2D eigenvalue weighted by atomic mass is 9.54. The molecule has 0 bridgehead atoms. The molecule has 0 aromatic rings. The number of carbonyl (C=O) groups is 1. The number of hydrogen-bond donors (Lipinski definition) is 3. The van der Waals surface area contributed by atoms with Crippen LogP contribution in [0.4, 0.5) is 0 Å². The Morgan fingerprint density at radius 3 is 2.56 bits per heavy atom. The topological polar surface area (TPSA) is 92.0 Å². The average molecular weight is 491 g/mol. The van der Waals surface area contributed by atoms with Gasteiger partial charge in [-0.3, -0.25) is 14.7 Å². The van der Waals surface area contributed by atoms with Crippen molar-refractivity contribution in [2.75, 3.05) is 33.3 Å². The first kappa shape index (κ1) is 21.1. The third-order valence-corrected chi connectivity index (χ3v) is 7.11. The molecule has 0 radical (unpaired) electrons. The second-order valence-corrected chi connectivity index (χ2v) is 8.54. The molecule has 1 spiro atoms. The molecule has 2 saturated heterocycles. The van der Waals surface area contributed by atoms with E-state index in [1.165, 1.54) is 32.1 Å². The summed E-state index contributed by atoms with van der Waals surface area (Å²) >= 11 is 0. The van der Waals surface area contributed by atoms with Crippen molar-refractivity contribution in [3.8, 4) is 0 Å². The van der Waals surface area contributed by atoms with E-state index < -0.39 is 0 Å². The maximum absolute atomic E-state index is 11.1. The molecule has 8 heteroatoms. The molecule has 0 aromatic heterocycles. The van der Waals surface area contributed by atoms with Crippen molar-refractivity contribution in [2.45, 2.75) is 63.1 Å². The smallest absolute Gasteiger partial charge is 0.231 e. The van der Waals surface area contributed by atoms with E-state index in [1.54, 1.807) is 0 Å². The number of piperidine rings is 1. The molecule has 3 atom stereocenters. The Labute approximate surface area is 179 Å². The SMILES string of the molecule is CN=C(NC1CCN(CC(N)=O)CC1)NC1C2CCOC2C12CCCC2.I. The van der Waals surface area contributed by atoms with Crippen LogP contribution >= 0.6 is 24.0 Å². The van der Waals surface area contributed by atoms with Gasteiger partial charge in [0.05, 0.1) is 12.6 Å². The van der Waals surface area contributed by atoms with Gasteiger partial charge in [0.25, 0.3) is 0 Å². The molecule has 2 aliphatic carbocycles. The van der Waals surface area contributed by atoms with Crippen LogP contribution in [0.3, 0.4) is 0 Å². The fraction of sp³-hybridized carbons (Fsp3) is 0.895. The van der Waals surface area contributed by atoms with Gasteiger partial charge >= 0.3 is 0 Å². The van der Waals surface area contributed by atoms with Crippen LogP contribution in [0.15, 0.2) is 4.99 Å². The van der Waals surface area contributed by atoms with Crippen LogP contribution in [0.25, 0.3) is 0 Å². The van der Waals surface area contributed by atoms with Gasteiger partial charge in [-0.25, -0.2) is 0 Å². The standard InChI is InChI=1S/C19H33N5O2.HI/c1-21-18(22-13-4-9-24(10-5-13)12-15(20)25)23-16-14-6-11-26-17(14)19(16)7-2-3-8-19;/h13-14,16-17H,2-12H2,1H3,(H2,20,25)(H2,21,22,23);1H. The van der Waals surface area contributed by atoms with E-state index in [0.29, 0.717) is 36.1 Å². The van der Waals surface area contributed by atoms with Crippen molar-refractivity contribution >= 4 is 35.8 Å². The summed E-state index contributed by atoms with van der Waals surface area (Å²) < 4.78 is 6.08. The summed E-state index contributed by atoms with van der Waals surface area (Å²) in [6, 6.07) is 0.902. The molecule has 4 fully saturated rings. The Bertz CT molecular complexity index is 558. The molecule has 4 rings (SSSR count). The molecule has 3 unspecified atom stereocenters. The molecule has 7 nitrogen and oxygen atoms in total. The van der Waals surface area contributed by atoms with Crippen LogP contribution < -0.4 is 16.4 Å². The third kappa shape index (κ3) is 4.07. The minimum atomic E-state index is -0.242. The number of amides is 1. The molecular formula is C19H34IN5O2. The van der Waals surface area contributed by atoms with Crippen molar-refractivity contribution in [1.29, 1.82) is 0 Å². The minimum absolute atomic E-state index is 0. The molecule has 4 aliphatic rings. The molecule has 154 valence electrons. The third-order valence-electron chi connectivity index (χ3n) is 7.11. The van der Waals surface area contributed by atoms with Gasteiger partial charge < -0.3 is 21.1 Å². The van der Waals surface area contributed by atoms with E-state index in [-0.39, 0.29) is 29.9 Å². The normalized spacial score (nSPS) is 33.2. The molecule has 2 saturated carbocycles. The number of likely N-dealkylation sites (tertiary alicyclic amines) is 1. The van der Waals surface area contributed by atoms with Crippen LogP contribution in [0.2, 0.25) is 0 Å². The zero-order valence-corrected chi connectivity index (χ0v) is 18.6. The van der Waals surface area contributed by atoms with Gasteiger partial charge in [-0.2, -0.15) is 0 Å². The predicted octanol–water partition coefficient (Wildman–Crippen LogP) is 1.07. The Morgan fingerprint density at radius 1 is 1.22 bits per heavy atom. The number of fused-ring (bicyclic) bond motifs is 2. The number of rotatable bonds is 4. The Hall–Kier alpha value is -0.610. The van der Waals surface area contributed by atoms with Crippen molar-refractivity contribution in [3.63, 3.8) is 0 Å². The summed E-state index contributed by atoms with van der Waals surface area (Å²) in [4.78, 5) is 17.7. The zero-order valence-electron chi connectivity index (χ0n) is 16.3. The predicted molar refractivity (Wildman–Crippen MR) is 116 cm³/mol. The molecule has 2 aliphatic heterocycles. The highest BCUT2D eigenvalue weighted by atomic mass is 127. The van der Waals surface area contributed by atoms with E-state index in [9.17, 15) is 4.79 Å². The molecule has 0 aromatic carbocycles. The molecular weight excluding hydrogens is 457 g/mol. The number of guanidine groups is 1. The van der Waals surface area contributed by atoms with Gasteiger partial charge in [0.1, 0.15) is 0 Å². The van der Waals surface area contributed by atoms with Crippen LogP contribution in [0, 0.1) is 11.3 Å². The number of aliphatic imine (C=N–C) groups is 1. The lowest BCUT2D eigenvalue weighted by molar-refractivity contribution is -0.125. The highest BCUT2D eigenvalue weighted by molar-refractivity contribution is 14.0. The fourth-order valence-electron chi connectivity index (χ4n) is 5.87. The molecule has 1 amide bonds. The van der Waals surface area contributed by atoms with Crippen molar-refractivity contribution in [2.24, 2.45) is 22.1 Å². The van der Waals surface area contributed by atoms with E-state index in [4.69, 9.17) is 10.5 Å². The number of halogens is 1. The van der Waals surface area contributed by atoms with Crippen LogP contribution in [0.5, 0.6) is 0 Å². The maximum Gasteiger partial charge on any atom is 0.231 e. The van der Waals surface area contributed by atoms with Crippen LogP contribution in [-0.4, -0.2) is 68.2 Å². The first-order valence-corrected chi connectivity index (χ1v) is 10.2. The van der Waals surface area contributed by atoms with Gasteiger partial charge in [-0.15, -0.1) is 24.0 Å². The maximum atomic E-state index is 11.1. The van der Waals surface area contributed by atoms with Gasteiger partial charge in [-0.05, 0) is 32.1 Å². The van der Waals surface area contributed by atoms with E-state index in [2.05, 4.69) is 20.5 Å². The van der Waals surface area contributed by atoms with Crippen LogP contribution in [0.1, 0.15) is 44.9 Å². The van der Waals surface area contributed by atoms with E-state index in [1.807, 2.05) is 7.05 Å². The number of nitrogens with one attached hydrogen (secondary N) is 2. The van der Waals surface area contributed by atoms with Gasteiger partial charge in [0, 0.05) is 50.2 Å². The monoisotopic (exact) mass is 491 g/mol. The lowest BCUT2D eigenvalue weighted by Gasteiger charge is -2.57. The summed E-state index contributed by atoms with van der Waals surface area (Å²) in [6.45, 7) is 3.10. The number of carbonyl (C=O) groups excluding carboxylic acids is 1. The molecule has 27 heavy (non-hydrogen) atoms. The lowest BCUT2D eigenvalue weighted by Crippen LogP contribution is -2.69. The number of hydrogen-bond acceptors (Lipinski definition) is 4. The number of primary amides is 1. The Kier molecular flexibility index (Phi) is 6.89. The molecule has 2 heterocycles. The summed E-state index contributed by atoms with van der Waals surface area (Å²) in [5.41, 5.74) is 5.64. The summed E-state index contributed by atoms with van der Waals surface area (Å²) in [5.74, 6) is 1.33. The molecule has 4 N–H and O–H groups in total. The number of ether oxygens (including phenoxy) is 1. The van der Waals surface area contributed by atoms with Crippen LogP contribution in [-0.2, 0) is 9.53 Å². The Balaban J connectivity index is 0.00000210. The highest BCUT2D eigenvalue weighted by Crippen LogP contribution is 2.60. The number of nitrogens with zero attached hydrogens (tertiary/aromatic N) is 2. The van der Waals surface area contributed by atoms with E-state index in [0.717, 1.165) is 38.5 Å². The highest BCUT2D eigenvalue weighted by Gasteiger charge is 2.65. The summed E-state index contributed by atoms with van der Waals surface area (Å²) in [6.07, 6.45) is 8.90. The van der Waals surface area contributed by atoms with E-state index >= 15 is 0 Å². The van der Waals surface area contributed by atoms with Gasteiger partial charge in [-0.1, -0.05) is 12.8 Å². The number of nitrogens with two attached hydrogens (primary N) is 1. The minimum Gasteiger partial charge on any atom is -0.377 e. The first-order valence-electron chi connectivity index (χ1n) is 10.2. The second-order valence-electron chi connectivity index (χ2n) is 8.54. The van der Waals surface area contributed by atoms with Crippen molar-refractivity contribution in [3.05, 3.63) is 0 Å². The Morgan fingerprint density at radius 2 is 1.93 bits per heavy atom. The summed E-state index contributed by atoms with van der Waals surface area (Å²) in [7, 11) is 1.86. The first-order chi connectivity index (χ1) is 12.6. The zero-order chi connectivity index (χ0) is 18.1. The second kappa shape index (κ2) is 8.82. The average Bonchev–Trinajstić information content (AvgIpc) is 3.28. The van der Waals surface area contributed by atoms with Crippen molar-refractivity contribution < 1.29 is 9.53 Å². The quantitative estimate of drug-likeness (QED) is 0.311. The van der Waals surface area contributed by atoms with Crippen molar-refractivity contribution in [1.82, 2.24) is 15.5 Å². The fourth-order valence-corrected chi connectivity index (χ4v) is 5.87.